The second-order valence-electron chi connectivity index (χ2n) is 8.31. The van der Waals surface area contributed by atoms with Gasteiger partial charge in [-0.3, -0.25) is 9.59 Å². The summed E-state index contributed by atoms with van der Waals surface area (Å²) in [5.74, 6) is 0.632. The first-order valence-corrected chi connectivity index (χ1v) is 11.3. The average Bonchev–Trinajstić information content (AvgIpc) is 2.91. The van der Waals surface area contributed by atoms with Crippen molar-refractivity contribution < 1.29 is 42.7 Å². The zero-order valence-electron chi connectivity index (χ0n) is 20.5. The highest BCUT2D eigenvalue weighted by Gasteiger charge is 2.38. The molecule has 0 saturated carbocycles. The number of rotatable bonds is 6. The van der Waals surface area contributed by atoms with Crippen LogP contribution in [0.1, 0.15) is 18.6 Å². The van der Waals surface area contributed by atoms with Crippen LogP contribution >= 0.6 is 0 Å². The third kappa shape index (κ3) is 4.10. The minimum atomic E-state index is -0.840. The molecule has 5 rings (SSSR count). The number of phenols is 1. The molecule has 0 spiro atoms. The molecule has 10 nitrogen and oxygen atoms in total. The second-order valence-corrected chi connectivity index (χ2v) is 8.31. The van der Waals surface area contributed by atoms with Crippen molar-refractivity contribution in [2.45, 2.75) is 19.1 Å². The summed E-state index contributed by atoms with van der Waals surface area (Å²) in [5, 5.41) is 10.5. The van der Waals surface area contributed by atoms with Gasteiger partial charge < -0.3 is 37.9 Å². The first-order chi connectivity index (χ1) is 17.9. The predicted octanol–water partition coefficient (Wildman–Crippen LogP) is 4.12. The quantitative estimate of drug-likeness (QED) is 0.300. The first-order valence-electron chi connectivity index (χ1n) is 11.3. The molecule has 0 bridgehead atoms. The van der Waals surface area contributed by atoms with Crippen LogP contribution in [0.3, 0.4) is 0 Å². The molecule has 0 fully saturated rings. The summed E-state index contributed by atoms with van der Waals surface area (Å²) >= 11 is 0. The standard InChI is InChI=1S/C27H24O10/c1-13(28)34-12-21-24(14-8-9-16(29)19(10-14)32-3)37-26-20(33-4)11-15-23(30)22-17(31-2)6-5-7-18(22)35-25(15)27(26)36-21/h5-11,21,24,29H,12H2,1-4H3/t21-,24-/m1/s1. The van der Waals surface area contributed by atoms with Crippen LogP contribution in [-0.4, -0.2) is 45.1 Å². The van der Waals surface area contributed by atoms with Crippen molar-refractivity contribution in [1.82, 2.24) is 0 Å². The molecule has 0 amide bonds. The molecular weight excluding hydrogens is 484 g/mol. The lowest BCUT2D eigenvalue weighted by Crippen LogP contribution is -2.37. The fourth-order valence-corrected chi connectivity index (χ4v) is 4.37. The summed E-state index contributed by atoms with van der Waals surface area (Å²) in [6.45, 7) is 1.13. The van der Waals surface area contributed by atoms with E-state index in [4.69, 9.17) is 32.8 Å². The van der Waals surface area contributed by atoms with Gasteiger partial charge in [-0.15, -0.1) is 0 Å². The third-order valence-electron chi connectivity index (χ3n) is 6.10. The molecule has 1 aliphatic rings. The Hall–Kier alpha value is -4.60. The SMILES string of the molecule is COc1cc([C@H]2Oc3c(OC)cc4c(=O)c5c(OC)cccc5oc4c3O[C@@H]2COC(C)=O)ccc1O. The predicted molar refractivity (Wildman–Crippen MR) is 132 cm³/mol. The smallest absolute Gasteiger partial charge is 0.302 e. The summed E-state index contributed by atoms with van der Waals surface area (Å²) in [6.07, 6.45) is -1.63. The lowest BCUT2D eigenvalue weighted by atomic mass is 10.0. The van der Waals surface area contributed by atoms with Crippen LogP contribution < -0.4 is 29.1 Å². The topological polar surface area (TPSA) is 123 Å². The van der Waals surface area contributed by atoms with Gasteiger partial charge in [0.2, 0.25) is 16.9 Å². The number of carbonyl (C=O) groups is 1. The Morgan fingerprint density at radius 2 is 1.70 bits per heavy atom. The monoisotopic (exact) mass is 508 g/mol. The van der Waals surface area contributed by atoms with Crippen molar-refractivity contribution in [3.05, 3.63) is 58.3 Å². The van der Waals surface area contributed by atoms with Crippen molar-refractivity contribution in [3.63, 3.8) is 0 Å². The number of methoxy groups -OCH3 is 3. The first kappa shape index (κ1) is 24.1. The fraction of sp³-hybridized carbons (Fsp3) is 0.259. The molecule has 0 unspecified atom stereocenters. The molecule has 0 radical (unpaired) electrons. The number of aromatic hydroxyl groups is 1. The molecule has 2 atom stereocenters. The van der Waals surface area contributed by atoms with Gasteiger partial charge in [-0.1, -0.05) is 12.1 Å². The maximum atomic E-state index is 13.5. The highest BCUT2D eigenvalue weighted by molar-refractivity contribution is 5.97. The maximum Gasteiger partial charge on any atom is 0.302 e. The van der Waals surface area contributed by atoms with E-state index in [0.29, 0.717) is 16.9 Å². The van der Waals surface area contributed by atoms with Crippen molar-refractivity contribution in [1.29, 1.82) is 0 Å². The molecule has 2 heterocycles. The Morgan fingerprint density at radius 1 is 0.946 bits per heavy atom. The Labute approximate surface area is 210 Å². The lowest BCUT2D eigenvalue weighted by molar-refractivity contribution is -0.145. The number of fused-ring (bicyclic) bond motifs is 4. The van der Waals surface area contributed by atoms with E-state index in [2.05, 4.69) is 0 Å². The van der Waals surface area contributed by atoms with Crippen molar-refractivity contribution in [2.24, 2.45) is 0 Å². The van der Waals surface area contributed by atoms with Crippen LogP contribution in [0.5, 0.6) is 34.5 Å². The number of phenolic OH excluding ortho intramolecular Hbond substituents is 1. The van der Waals surface area contributed by atoms with Gasteiger partial charge in [-0.2, -0.15) is 0 Å². The van der Waals surface area contributed by atoms with E-state index in [0.717, 1.165) is 0 Å². The van der Waals surface area contributed by atoms with Crippen LogP contribution in [0, 0.1) is 0 Å². The molecular formula is C27H24O10. The molecule has 10 heteroatoms. The van der Waals surface area contributed by atoms with Crippen LogP contribution in [0.25, 0.3) is 21.9 Å². The molecule has 1 N–H and O–H groups in total. The lowest BCUT2D eigenvalue weighted by Gasteiger charge is -2.34. The normalized spacial score (nSPS) is 16.4. The van der Waals surface area contributed by atoms with Gasteiger partial charge in [0.05, 0.1) is 26.7 Å². The summed E-state index contributed by atoms with van der Waals surface area (Å²) in [4.78, 5) is 25.1. The molecule has 1 aliphatic heterocycles. The van der Waals surface area contributed by atoms with Gasteiger partial charge in [-0.25, -0.2) is 0 Å². The maximum absolute atomic E-state index is 13.5. The van der Waals surface area contributed by atoms with E-state index in [1.165, 1.54) is 40.4 Å². The number of hydrogen-bond acceptors (Lipinski definition) is 10. The number of hydrogen-bond donors (Lipinski definition) is 1. The van der Waals surface area contributed by atoms with E-state index in [1.54, 1.807) is 30.3 Å². The number of ether oxygens (including phenoxy) is 6. The second kappa shape index (κ2) is 9.45. The Morgan fingerprint density at radius 3 is 2.41 bits per heavy atom. The summed E-state index contributed by atoms with van der Waals surface area (Å²) in [7, 11) is 4.34. The van der Waals surface area contributed by atoms with Crippen LogP contribution in [-0.2, 0) is 9.53 Å². The molecule has 0 aliphatic carbocycles. The molecule has 4 aromatic rings. The van der Waals surface area contributed by atoms with Crippen molar-refractivity contribution >= 4 is 27.9 Å². The Kier molecular flexibility index (Phi) is 6.16. The molecule has 192 valence electrons. The van der Waals surface area contributed by atoms with Gasteiger partial charge in [0, 0.05) is 12.5 Å². The Bertz CT molecular complexity index is 1570. The van der Waals surface area contributed by atoms with Crippen LogP contribution in [0.15, 0.2) is 51.7 Å². The van der Waals surface area contributed by atoms with Crippen molar-refractivity contribution in [3.8, 4) is 34.5 Å². The summed E-state index contributed by atoms with van der Waals surface area (Å²) < 4.78 is 40.2. The number of benzene rings is 3. The molecule has 3 aromatic carbocycles. The average molecular weight is 508 g/mol. The third-order valence-corrected chi connectivity index (χ3v) is 6.10. The minimum Gasteiger partial charge on any atom is -0.504 e. The van der Waals surface area contributed by atoms with Gasteiger partial charge in [0.1, 0.15) is 23.3 Å². The fourth-order valence-electron chi connectivity index (χ4n) is 4.37. The molecule has 1 aromatic heterocycles. The number of esters is 1. The van der Waals surface area contributed by atoms with E-state index in [1.807, 2.05) is 0 Å². The number of carbonyl (C=O) groups excluding carboxylic acids is 1. The van der Waals surface area contributed by atoms with E-state index in [9.17, 15) is 14.7 Å². The van der Waals surface area contributed by atoms with E-state index in [-0.39, 0.29) is 57.1 Å². The van der Waals surface area contributed by atoms with Gasteiger partial charge >= 0.3 is 5.97 Å². The summed E-state index contributed by atoms with van der Waals surface area (Å²) in [5.41, 5.74) is 0.704. The molecule has 0 saturated heterocycles. The summed E-state index contributed by atoms with van der Waals surface area (Å²) in [6, 6.07) is 11.3. The van der Waals surface area contributed by atoms with Gasteiger partial charge in [0.25, 0.3) is 0 Å². The Balaban J connectivity index is 1.73. The van der Waals surface area contributed by atoms with E-state index < -0.39 is 18.2 Å². The van der Waals surface area contributed by atoms with Gasteiger partial charge in [-0.05, 0) is 30.3 Å². The molecule has 37 heavy (non-hydrogen) atoms. The van der Waals surface area contributed by atoms with Gasteiger partial charge in [0.15, 0.2) is 35.0 Å². The van der Waals surface area contributed by atoms with E-state index >= 15 is 0 Å². The minimum absolute atomic E-state index is 0.0485. The van der Waals surface area contributed by atoms with Crippen LogP contribution in [0.4, 0.5) is 0 Å². The van der Waals surface area contributed by atoms with Crippen molar-refractivity contribution in [2.75, 3.05) is 27.9 Å². The zero-order valence-corrected chi connectivity index (χ0v) is 20.5. The highest BCUT2D eigenvalue weighted by atomic mass is 16.6. The largest absolute Gasteiger partial charge is 0.504 e. The highest BCUT2D eigenvalue weighted by Crippen LogP contribution is 2.50. The zero-order chi connectivity index (χ0) is 26.3. The van der Waals surface area contributed by atoms with Crippen LogP contribution in [0.2, 0.25) is 0 Å².